The van der Waals surface area contributed by atoms with Crippen LogP contribution in [0.4, 0.5) is 0 Å². The van der Waals surface area contributed by atoms with Crippen LogP contribution in [0.1, 0.15) is 5.76 Å². The average molecular weight is 172 g/mol. The lowest BCUT2D eigenvalue weighted by Gasteiger charge is -2.07. The van der Waals surface area contributed by atoms with Crippen molar-refractivity contribution in [1.82, 2.24) is 5.32 Å². The Balaban J connectivity index is 2.23. The lowest BCUT2D eigenvalue weighted by Crippen LogP contribution is -2.30. The van der Waals surface area contributed by atoms with Gasteiger partial charge in [-0.3, -0.25) is 5.32 Å². The number of hydrogen-bond donors (Lipinski definition) is 3. The predicted molar refractivity (Wildman–Crippen MR) is 47.4 cm³/mol. The largest absolute Gasteiger partial charge is 0.468 e. The highest BCUT2D eigenvalue weighted by molar-refractivity contribution is 7.80. The van der Waals surface area contributed by atoms with Crippen molar-refractivity contribution in [3.63, 3.8) is 0 Å². The molecule has 4 heteroatoms. The van der Waals surface area contributed by atoms with Gasteiger partial charge in [0.2, 0.25) is 0 Å². The fraction of sp³-hybridized carbons (Fsp3) is 0.429. The number of nitrogens with two attached hydrogens (primary N) is 1. The Morgan fingerprint density at radius 2 is 2.55 bits per heavy atom. The minimum atomic E-state index is 0.0418. The third-order valence-corrected chi connectivity index (χ3v) is 1.71. The molecular formula is C7H12N2OS. The van der Waals surface area contributed by atoms with Crippen molar-refractivity contribution in [2.45, 2.75) is 11.9 Å². The van der Waals surface area contributed by atoms with E-state index in [-0.39, 0.29) is 5.37 Å². The van der Waals surface area contributed by atoms with Crippen LogP contribution in [0.15, 0.2) is 22.8 Å². The van der Waals surface area contributed by atoms with E-state index in [0.29, 0.717) is 13.1 Å². The second kappa shape index (κ2) is 4.43. The molecule has 0 spiro atoms. The van der Waals surface area contributed by atoms with E-state index in [0.717, 1.165) is 5.76 Å². The van der Waals surface area contributed by atoms with Crippen LogP contribution in [0, 0.1) is 0 Å². The summed E-state index contributed by atoms with van der Waals surface area (Å²) in [5, 5.41) is 3.12. The molecule has 0 saturated carbocycles. The van der Waals surface area contributed by atoms with Gasteiger partial charge in [-0.2, -0.15) is 12.6 Å². The molecule has 0 radical (unpaired) electrons. The summed E-state index contributed by atoms with van der Waals surface area (Å²) in [4.78, 5) is 0. The minimum Gasteiger partial charge on any atom is -0.468 e. The third kappa shape index (κ3) is 2.96. The topological polar surface area (TPSA) is 51.2 Å². The molecule has 1 rings (SSSR count). The average Bonchev–Trinajstić information content (AvgIpc) is 2.52. The standard InChI is InChI=1S/C7H12N2OS/c8-4-7(11)9-5-6-2-1-3-10-6/h1-3,7,9,11H,4-5,8H2. The fourth-order valence-electron chi connectivity index (χ4n) is 0.715. The van der Waals surface area contributed by atoms with E-state index < -0.39 is 0 Å². The Kier molecular flexibility index (Phi) is 3.48. The molecule has 0 aliphatic rings. The van der Waals surface area contributed by atoms with Gasteiger partial charge >= 0.3 is 0 Å². The first-order chi connectivity index (χ1) is 5.33. The molecule has 1 heterocycles. The third-order valence-electron chi connectivity index (χ3n) is 1.32. The van der Waals surface area contributed by atoms with E-state index in [9.17, 15) is 0 Å². The number of thiol groups is 1. The maximum absolute atomic E-state index is 5.34. The zero-order chi connectivity index (χ0) is 8.10. The molecule has 0 bridgehead atoms. The van der Waals surface area contributed by atoms with Crippen LogP contribution in [-0.2, 0) is 6.54 Å². The van der Waals surface area contributed by atoms with E-state index in [1.54, 1.807) is 6.26 Å². The number of rotatable bonds is 4. The van der Waals surface area contributed by atoms with Gasteiger partial charge < -0.3 is 10.2 Å². The first-order valence-corrected chi connectivity index (χ1v) is 3.98. The van der Waals surface area contributed by atoms with Crippen molar-refractivity contribution in [1.29, 1.82) is 0 Å². The molecule has 1 aromatic heterocycles. The Hall–Kier alpha value is -0.450. The van der Waals surface area contributed by atoms with E-state index in [2.05, 4.69) is 17.9 Å². The molecule has 0 amide bonds. The summed E-state index contributed by atoms with van der Waals surface area (Å²) in [5.41, 5.74) is 5.34. The predicted octanol–water partition coefficient (Wildman–Crippen LogP) is 0.584. The van der Waals surface area contributed by atoms with E-state index in [4.69, 9.17) is 10.2 Å². The summed E-state index contributed by atoms with van der Waals surface area (Å²) in [6.45, 7) is 1.20. The van der Waals surface area contributed by atoms with Crippen LogP contribution in [0.25, 0.3) is 0 Å². The summed E-state index contributed by atoms with van der Waals surface area (Å²) < 4.78 is 5.09. The normalized spacial score (nSPS) is 13.3. The second-order valence-corrected chi connectivity index (χ2v) is 2.84. The molecule has 11 heavy (non-hydrogen) atoms. The van der Waals surface area contributed by atoms with Gasteiger partial charge in [-0.15, -0.1) is 0 Å². The van der Waals surface area contributed by atoms with Gasteiger partial charge in [-0.05, 0) is 12.1 Å². The lowest BCUT2D eigenvalue weighted by atomic mass is 10.4. The molecule has 0 saturated heterocycles. The smallest absolute Gasteiger partial charge is 0.117 e. The minimum absolute atomic E-state index is 0.0418. The van der Waals surface area contributed by atoms with Crippen LogP contribution in [-0.4, -0.2) is 11.9 Å². The summed E-state index contributed by atoms with van der Waals surface area (Å²) in [6.07, 6.45) is 1.65. The quantitative estimate of drug-likeness (QED) is 0.460. The highest BCUT2D eigenvalue weighted by Crippen LogP contribution is 1.99. The molecule has 3 N–H and O–H groups in total. The highest BCUT2D eigenvalue weighted by Gasteiger charge is 1.99. The number of nitrogens with one attached hydrogen (secondary N) is 1. The Morgan fingerprint density at radius 1 is 1.73 bits per heavy atom. The van der Waals surface area contributed by atoms with Crippen LogP contribution in [0.2, 0.25) is 0 Å². The summed E-state index contributed by atoms with van der Waals surface area (Å²) in [6, 6.07) is 3.76. The van der Waals surface area contributed by atoms with Crippen molar-refractivity contribution in [2.24, 2.45) is 5.73 Å². The molecule has 62 valence electrons. The van der Waals surface area contributed by atoms with Crippen molar-refractivity contribution in [3.05, 3.63) is 24.2 Å². The molecular weight excluding hydrogens is 160 g/mol. The van der Waals surface area contributed by atoms with Crippen LogP contribution in [0.3, 0.4) is 0 Å². The van der Waals surface area contributed by atoms with Gasteiger partial charge in [-0.1, -0.05) is 0 Å². The van der Waals surface area contributed by atoms with Gasteiger partial charge in [0, 0.05) is 6.54 Å². The molecule has 0 fully saturated rings. The Bertz CT molecular complexity index is 188. The number of furan rings is 1. The molecule has 0 aliphatic heterocycles. The van der Waals surface area contributed by atoms with Crippen LogP contribution in [0.5, 0.6) is 0 Å². The second-order valence-electron chi connectivity index (χ2n) is 2.21. The van der Waals surface area contributed by atoms with Crippen molar-refractivity contribution in [2.75, 3.05) is 6.54 Å². The first kappa shape index (κ1) is 8.64. The van der Waals surface area contributed by atoms with E-state index in [1.165, 1.54) is 0 Å². The molecule has 0 aliphatic carbocycles. The molecule has 1 unspecified atom stereocenters. The maximum Gasteiger partial charge on any atom is 0.117 e. The highest BCUT2D eigenvalue weighted by atomic mass is 32.1. The van der Waals surface area contributed by atoms with Crippen LogP contribution < -0.4 is 11.1 Å². The fourth-order valence-corrected chi connectivity index (χ4v) is 0.806. The van der Waals surface area contributed by atoms with E-state index >= 15 is 0 Å². The summed E-state index contributed by atoms with van der Waals surface area (Å²) >= 11 is 4.16. The zero-order valence-electron chi connectivity index (χ0n) is 6.16. The SMILES string of the molecule is NCC(S)NCc1ccco1. The molecule has 0 aromatic carbocycles. The Labute approximate surface area is 71.4 Å². The number of hydrogen-bond acceptors (Lipinski definition) is 4. The molecule has 3 nitrogen and oxygen atoms in total. The summed E-state index contributed by atoms with van der Waals surface area (Å²) in [7, 11) is 0. The van der Waals surface area contributed by atoms with Crippen LogP contribution >= 0.6 is 12.6 Å². The first-order valence-electron chi connectivity index (χ1n) is 3.47. The van der Waals surface area contributed by atoms with Crippen molar-refractivity contribution >= 4 is 12.6 Å². The maximum atomic E-state index is 5.34. The van der Waals surface area contributed by atoms with Crippen molar-refractivity contribution < 1.29 is 4.42 Å². The van der Waals surface area contributed by atoms with Gasteiger partial charge in [0.25, 0.3) is 0 Å². The van der Waals surface area contributed by atoms with E-state index in [1.807, 2.05) is 12.1 Å². The zero-order valence-corrected chi connectivity index (χ0v) is 7.05. The van der Waals surface area contributed by atoms with Gasteiger partial charge in [0.1, 0.15) is 5.76 Å². The Morgan fingerprint density at radius 3 is 3.09 bits per heavy atom. The molecule has 1 atom stereocenters. The van der Waals surface area contributed by atoms with Crippen molar-refractivity contribution in [3.8, 4) is 0 Å². The van der Waals surface area contributed by atoms with Gasteiger partial charge in [0.15, 0.2) is 0 Å². The molecule has 1 aromatic rings. The van der Waals surface area contributed by atoms with Gasteiger partial charge in [0.05, 0.1) is 18.2 Å². The lowest BCUT2D eigenvalue weighted by molar-refractivity contribution is 0.480. The van der Waals surface area contributed by atoms with Gasteiger partial charge in [-0.25, -0.2) is 0 Å². The monoisotopic (exact) mass is 172 g/mol. The summed E-state index contributed by atoms with van der Waals surface area (Å²) in [5.74, 6) is 0.900.